The Labute approximate surface area is 140 Å². The second-order valence-corrected chi connectivity index (χ2v) is 11.4. The fraction of sp³-hybridized carbons (Fsp3) is 0.786. The first kappa shape index (κ1) is 29.5. The van der Waals surface area contributed by atoms with Crippen LogP contribution in [0.25, 0.3) is 0 Å². The minimum absolute atomic E-state index is 0.757. The lowest BCUT2D eigenvalue weighted by Gasteiger charge is -2.15. The van der Waals surface area contributed by atoms with Gasteiger partial charge in [0, 0.05) is 41.9 Å². The van der Waals surface area contributed by atoms with E-state index >= 15 is 0 Å². The second kappa shape index (κ2) is 20.5. The summed E-state index contributed by atoms with van der Waals surface area (Å²) < 4.78 is 0. The van der Waals surface area contributed by atoms with Crippen molar-refractivity contribution >= 4 is 26.0 Å². The minimum atomic E-state index is -0.833. The summed E-state index contributed by atoms with van der Waals surface area (Å²) in [5, 5.41) is 25.6. The third-order valence-electron chi connectivity index (χ3n) is 1.60. The molecule has 9 heteroatoms. The third-order valence-corrected chi connectivity index (χ3v) is 3.45. The maximum absolute atomic E-state index is 9.00. The van der Waals surface area contributed by atoms with E-state index in [1.807, 2.05) is 0 Å². The molecule has 0 aromatic heterocycles. The van der Waals surface area contributed by atoms with E-state index in [0.29, 0.717) is 0 Å². The van der Waals surface area contributed by atoms with Gasteiger partial charge in [0.05, 0.1) is 0 Å². The predicted octanol–water partition coefficient (Wildman–Crippen LogP) is 1.54. The van der Waals surface area contributed by atoms with E-state index in [2.05, 4.69) is 25.0 Å². The molecular weight excluding hydrogens is 320 g/mol. The van der Waals surface area contributed by atoms with Gasteiger partial charge in [-0.1, -0.05) is 25.7 Å². The molecule has 140 valence electrons. The van der Waals surface area contributed by atoms with Gasteiger partial charge < -0.3 is 26.4 Å². The van der Waals surface area contributed by atoms with Crippen LogP contribution in [-0.4, -0.2) is 60.9 Å². The molecule has 0 spiro atoms. The summed E-state index contributed by atoms with van der Waals surface area (Å²) in [6.07, 6.45) is 1.32. The van der Waals surface area contributed by atoms with Gasteiger partial charge in [0.2, 0.25) is 0 Å². The van der Waals surface area contributed by atoms with Crippen LogP contribution in [-0.2, 0) is 14.4 Å². The summed E-state index contributed by atoms with van der Waals surface area (Å²) in [6.45, 7) is 13.3. The Morgan fingerprint density at radius 2 is 1.17 bits per heavy atom. The largest absolute Gasteiger partial charge is 0.481 e. The number of nitrogens with one attached hydrogen (secondary N) is 1. The number of hydrogen-bond acceptors (Lipinski definition) is 5. The number of carbonyl (C=O) groups is 3. The van der Waals surface area contributed by atoms with Gasteiger partial charge in [0.1, 0.15) is 0 Å². The summed E-state index contributed by atoms with van der Waals surface area (Å²) in [7, 11) is -0.789. The topological polar surface area (TPSA) is 150 Å². The molecule has 0 atom stereocenters. The van der Waals surface area contributed by atoms with Gasteiger partial charge in [-0.3, -0.25) is 14.4 Å². The molecule has 0 aliphatic heterocycles. The van der Waals surface area contributed by atoms with E-state index in [4.69, 9.17) is 35.4 Å². The average Bonchev–Trinajstić information content (AvgIpc) is 2.24. The highest BCUT2D eigenvalue weighted by Gasteiger charge is 2.10. The number of rotatable bonds is 6. The van der Waals surface area contributed by atoms with Gasteiger partial charge in [0.25, 0.3) is 17.9 Å². The van der Waals surface area contributed by atoms with Crippen molar-refractivity contribution in [2.75, 3.05) is 19.6 Å². The average molecular weight is 355 g/mol. The Bertz CT molecular complexity index is 266. The molecule has 0 amide bonds. The zero-order valence-electron chi connectivity index (χ0n) is 15.2. The lowest BCUT2D eigenvalue weighted by atomic mass is 10.5. The summed E-state index contributed by atoms with van der Waals surface area (Å²) in [5.74, 6) is -2.50. The molecule has 0 fully saturated rings. The molecule has 6 N–H and O–H groups in total. The summed E-state index contributed by atoms with van der Waals surface area (Å²) in [4.78, 5) is 27.0. The lowest BCUT2D eigenvalue weighted by molar-refractivity contribution is -0.135. The van der Waals surface area contributed by atoms with Crippen molar-refractivity contribution < 1.29 is 29.7 Å². The van der Waals surface area contributed by atoms with Crippen LogP contribution in [0.15, 0.2) is 0 Å². The first-order chi connectivity index (χ1) is 10.3. The number of carboxylic acids is 3. The zero-order chi connectivity index (χ0) is 19.5. The van der Waals surface area contributed by atoms with Gasteiger partial charge in [0.15, 0.2) is 0 Å². The number of hydrogen-bond donors (Lipinski definition) is 5. The van der Waals surface area contributed by atoms with E-state index in [-0.39, 0.29) is 0 Å². The van der Waals surface area contributed by atoms with Gasteiger partial charge in [-0.25, -0.2) is 0 Å². The van der Waals surface area contributed by atoms with Crippen LogP contribution >= 0.6 is 0 Å². The van der Waals surface area contributed by atoms with Crippen LogP contribution in [0, 0.1) is 0 Å². The molecule has 0 bridgehead atoms. The fourth-order valence-electron chi connectivity index (χ4n) is 0.971. The maximum atomic E-state index is 9.00. The molecule has 0 unspecified atom stereocenters. The Balaban J connectivity index is -0.000000124. The van der Waals surface area contributed by atoms with Crippen molar-refractivity contribution in [2.24, 2.45) is 5.73 Å². The molecule has 0 aromatic rings. The van der Waals surface area contributed by atoms with Crippen LogP contribution in [0.1, 0.15) is 27.2 Å². The molecule has 0 saturated heterocycles. The second-order valence-electron chi connectivity index (χ2n) is 5.76. The van der Waals surface area contributed by atoms with Crippen molar-refractivity contribution in [1.29, 1.82) is 0 Å². The van der Waals surface area contributed by atoms with Crippen molar-refractivity contribution in [3.05, 3.63) is 0 Å². The molecular formula is C14H34N2O6Si. The minimum Gasteiger partial charge on any atom is -0.481 e. The predicted molar refractivity (Wildman–Crippen MR) is 94.6 cm³/mol. The van der Waals surface area contributed by atoms with Crippen LogP contribution in [0.2, 0.25) is 25.7 Å². The monoisotopic (exact) mass is 354 g/mol. The Hall–Kier alpha value is -1.45. The highest BCUT2D eigenvalue weighted by molar-refractivity contribution is 6.76. The molecule has 23 heavy (non-hydrogen) atoms. The molecule has 0 radical (unpaired) electrons. The number of carboxylic acid groups (broad SMARTS) is 3. The Kier molecular flexibility index (Phi) is 26.4. The molecule has 0 heterocycles. The van der Waals surface area contributed by atoms with Crippen LogP contribution in [0.4, 0.5) is 0 Å². The van der Waals surface area contributed by atoms with Crippen molar-refractivity contribution in [1.82, 2.24) is 5.32 Å². The van der Waals surface area contributed by atoms with Crippen LogP contribution in [0.3, 0.4) is 0 Å². The van der Waals surface area contributed by atoms with Crippen LogP contribution in [0.5, 0.6) is 0 Å². The molecule has 0 aliphatic rings. The Morgan fingerprint density at radius 3 is 1.39 bits per heavy atom. The zero-order valence-corrected chi connectivity index (χ0v) is 16.2. The highest BCUT2D eigenvalue weighted by Crippen LogP contribution is 2.09. The summed E-state index contributed by atoms with van der Waals surface area (Å²) >= 11 is 0. The molecule has 0 rings (SSSR count). The van der Waals surface area contributed by atoms with E-state index in [1.54, 1.807) is 0 Å². The standard InChI is InChI=1S/C8H22N2Si.3C2H4O2/c1-11(2,3)8-4-6-10-7-5-9;3*1-2(3)4/h10H,4-9H2,1-3H3;3*1H3,(H,3,4). The quantitative estimate of drug-likeness (QED) is 0.356. The number of nitrogens with two attached hydrogens (primary N) is 1. The van der Waals surface area contributed by atoms with Gasteiger partial charge in [-0.2, -0.15) is 0 Å². The first-order valence-corrected chi connectivity index (χ1v) is 11.0. The van der Waals surface area contributed by atoms with Crippen molar-refractivity contribution in [3.63, 3.8) is 0 Å². The highest BCUT2D eigenvalue weighted by atomic mass is 28.3. The number of aliphatic carboxylic acids is 3. The maximum Gasteiger partial charge on any atom is 0.300 e. The van der Waals surface area contributed by atoms with E-state index in [0.717, 1.165) is 40.4 Å². The van der Waals surface area contributed by atoms with Gasteiger partial charge >= 0.3 is 0 Å². The molecule has 0 aromatic carbocycles. The first-order valence-electron chi connectivity index (χ1n) is 7.25. The fourth-order valence-corrected chi connectivity index (χ4v) is 2.21. The summed E-state index contributed by atoms with van der Waals surface area (Å²) in [6, 6.07) is 1.42. The molecule has 8 nitrogen and oxygen atoms in total. The summed E-state index contributed by atoms with van der Waals surface area (Å²) in [5.41, 5.74) is 5.34. The lowest BCUT2D eigenvalue weighted by Crippen LogP contribution is -2.26. The van der Waals surface area contributed by atoms with Crippen molar-refractivity contribution in [2.45, 2.75) is 52.9 Å². The third kappa shape index (κ3) is 165. The smallest absolute Gasteiger partial charge is 0.300 e. The van der Waals surface area contributed by atoms with Gasteiger partial charge in [-0.15, -0.1) is 0 Å². The van der Waals surface area contributed by atoms with Crippen LogP contribution < -0.4 is 11.1 Å². The molecule has 0 saturated carbocycles. The van der Waals surface area contributed by atoms with Gasteiger partial charge in [-0.05, 0) is 13.0 Å². The van der Waals surface area contributed by atoms with E-state index < -0.39 is 26.0 Å². The normalized spacial score (nSPS) is 9.00. The SMILES string of the molecule is CC(=O)O.CC(=O)O.CC(=O)O.C[Si](C)(C)CCCNCCN. The Morgan fingerprint density at radius 1 is 0.870 bits per heavy atom. The molecule has 0 aliphatic carbocycles. The van der Waals surface area contributed by atoms with Crippen molar-refractivity contribution in [3.8, 4) is 0 Å². The van der Waals surface area contributed by atoms with E-state index in [9.17, 15) is 0 Å². The van der Waals surface area contributed by atoms with E-state index in [1.165, 1.54) is 12.5 Å².